The standard InChI is InChI=1S/C20H23NO4/c1-3-13(2)21-12-20-10-9-15(25-20)16(17(20)18(21)22)19(23)24-11-14-7-5-4-6-8-14/h4-10,13,15-17H,3,11-12H2,1-2H3/t13-,15-,16-,17-,20+/m1/s1. The number of carbonyl (C=O) groups is 2. The lowest BCUT2D eigenvalue weighted by molar-refractivity contribution is -0.155. The molecule has 2 saturated heterocycles. The van der Waals surface area contributed by atoms with Crippen molar-refractivity contribution >= 4 is 11.9 Å². The summed E-state index contributed by atoms with van der Waals surface area (Å²) >= 11 is 0. The Morgan fingerprint density at radius 1 is 1.40 bits per heavy atom. The van der Waals surface area contributed by atoms with E-state index in [1.54, 1.807) is 0 Å². The first-order valence-electron chi connectivity index (χ1n) is 8.94. The molecule has 1 amide bonds. The van der Waals surface area contributed by atoms with E-state index in [1.165, 1.54) is 0 Å². The Bertz CT molecular complexity index is 716. The van der Waals surface area contributed by atoms with Gasteiger partial charge in [-0.1, -0.05) is 49.4 Å². The molecule has 3 heterocycles. The van der Waals surface area contributed by atoms with E-state index < -0.39 is 17.4 Å². The van der Waals surface area contributed by atoms with Crippen molar-refractivity contribution in [2.45, 2.75) is 44.6 Å². The maximum absolute atomic E-state index is 13.0. The fourth-order valence-corrected chi connectivity index (χ4v) is 4.22. The number of likely N-dealkylation sites (tertiary alicyclic amines) is 1. The molecule has 0 saturated carbocycles. The Labute approximate surface area is 147 Å². The van der Waals surface area contributed by atoms with E-state index in [0.29, 0.717) is 6.54 Å². The van der Waals surface area contributed by atoms with Crippen LogP contribution in [0.1, 0.15) is 25.8 Å². The van der Waals surface area contributed by atoms with Gasteiger partial charge in [0.2, 0.25) is 5.91 Å². The molecule has 0 unspecified atom stereocenters. The topological polar surface area (TPSA) is 55.8 Å². The van der Waals surface area contributed by atoms with Crippen molar-refractivity contribution in [1.29, 1.82) is 0 Å². The van der Waals surface area contributed by atoms with Crippen molar-refractivity contribution in [1.82, 2.24) is 4.90 Å². The average Bonchev–Trinajstić information content (AvgIpc) is 3.28. The fourth-order valence-electron chi connectivity index (χ4n) is 4.22. The monoisotopic (exact) mass is 341 g/mol. The highest BCUT2D eigenvalue weighted by atomic mass is 16.6. The molecule has 2 fully saturated rings. The number of esters is 1. The van der Waals surface area contributed by atoms with E-state index in [2.05, 4.69) is 6.92 Å². The molecule has 5 atom stereocenters. The predicted molar refractivity (Wildman–Crippen MR) is 91.4 cm³/mol. The summed E-state index contributed by atoms with van der Waals surface area (Å²) in [5.74, 6) is -1.33. The molecule has 0 aliphatic carbocycles. The molecule has 5 heteroatoms. The van der Waals surface area contributed by atoms with E-state index >= 15 is 0 Å². The van der Waals surface area contributed by atoms with Crippen LogP contribution in [0, 0.1) is 11.8 Å². The molecule has 1 aromatic carbocycles. The lowest BCUT2D eigenvalue weighted by Gasteiger charge is -2.26. The zero-order valence-corrected chi connectivity index (χ0v) is 14.6. The van der Waals surface area contributed by atoms with Crippen LogP contribution >= 0.6 is 0 Å². The molecule has 1 spiro atoms. The largest absolute Gasteiger partial charge is 0.460 e. The predicted octanol–water partition coefficient (Wildman–Crippen LogP) is 2.31. The van der Waals surface area contributed by atoms with Crippen LogP contribution in [0.2, 0.25) is 0 Å². The molecule has 5 nitrogen and oxygen atoms in total. The van der Waals surface area contributed by atoms with Gasteiger partial charge in [-0.25, -0.2) is 0 Å². The molecule has 2 bridgehead atoms. The summed E-state index contributed by atoms with van der Waals surface area (Å²) in [4.78, 5) is 27.6. The summed E-state index contributed by atoms with van der Waals surface area (Å²) in [6.07, 6.45) is 4.42. The van der Waals surface area contributed by atoms with Gasteiger partial charge in [-0.2, -0.15) is 0 Å². The van der Waals surface area contributed by atoms with Crippen LogP contribution in [0.25, 0.3) is 0 Å². The van der Waals surface area contributed by atoms with Crippen LogP contribution in [0.15, 0.2) is 42.5 Å². The van der Waals surface area contributed by atoms with Crippen LogP contribution in [0.3, 0.4) is 0 Å². The summed E-state index contributed by atoms with van der Waals surface area (Å²) in [5, 5.41) is 0. The number of nitrogens with zero attached hydrogens (tertiary/aromatic N) is 1. The van der Waals surface area contributed by atoms with Crippen LogP contribution in [0.5, 0.6) is 0 Å². The molecule has 3 aliphatic heterocycles. The van der Waals surface area contributed by atoms with Gasteiger partial charge in [0.05, 0.1) is 18.6 Å². The lowest BCUT2D eigenvalue weighted by Crippen LogP contribution is -2.41. The number of fused-ring (bicyclic) bond motifs is 1. The van der Waals surface area contributed by atoms with Crippen molar-refractivity contribution in [2.24, 2.45) is 11.8 Å². The number of ether oxygens (including phenoxy) is 2. The first kappa shape index (κ1) is 16.3. The Hall–Kier alpha value is -2.14. The first-order valence-corrected chi connectivity index (χ1v) is 8.94. The van der Waals surface area contributed by atoms with Crippen LogP contribution in [-0.4, -0.2) is 41.1 Å². The third-order valence-electron chi connectivity index (χ3n) is 5.75. The molecule has 25 heavy (non-hydrogen) atoms. The lowest BCUT2D eigenvalue weighted by atomic mass is 9.77. The van der Waals surface area contributed by atoms with E-state index in [-0.39, 0.29) is 30.6 Å². The average molecular weight is 341 g/mol. The van der Waals surface area contributed by atoms with Crippen molar-refractivity contribution in [3.63, 3.8) is 0 Å². The van der Waals surface area contributed by atoms with E-state index in [0.717, 1.165) is 12.0 Å². The fraction of sp³-hybridized carbons (Fsp3) is 0.500. The zero-order chi connectivity index (χ0) is 17.6. The second kappa shape index (κ2) is 5.99. The van der Waals surface area contributed by atoms with Gasteiger partial charge in [0.25, 0.3) is 0 Å². The van der Waals surface area contributed by atoms with Gasteiger partial charge in [-0.15, -0.1) is 0 Å². The van der Waals surface area contributed by atoms with Gasteiger partial charge < -0.3 is 14.4 Å². The summed E-state index contributed by atoms with van der Waals surface area (Å²) in [5.41, 5.74) is 0.283. The van der Waals surface area contributed by atoms with Crippen LogP contribution in [-0.2, 0) is 25.7 Å². The Morgan fingerprint density at radius 3 is 2.88 bits per heavy atom. The third kappa shape index (κ3) is 2.49. The van der Waals surface area contributed by atoms with Gasteiger partial charge >= 0.3 is 5.97 Å². The minimum Gasteiger partial charge on any atom is -0.460 e. The van der Waals surface area contributed by atoms with Gasteiger partial charge in [0, 0.05) is 6.04 Å². The number of hydrogen-bond acceptors (Lipinski definition) is 4. The minimum absolute atomic E-state index is 0.0165. The summed E-state index contributed by atoms with van der Waals surface area (Å²) in [6.45, 7) is 4.84. The molecule has 132 valence electrons. The normalized spacial score (nSPS) is 33.6. The number of rotatable bonds is 5. The summed E-state index contributed by atoms with van der Waals surface area (Å²) in [6, 6.07) is 9.71. The SMILES string of the molecule is CC[C@@H](C)N1C[C@]23C=C[C@@H](O2)[C@@H](C(=O)OCc2ccccc2)[C@@H]3C1=O. The second-order valence-electron chi connectivity index (χ2n) is 7.22. The highest BCUT2D eigenvalue weighted by Crippen LogP contribution is 2.52. The van der Waals surface area contributed by atoms with Gasteiger partial charge in [0.15, 0.2) is 0 Å². The highest BCUT2D eigenvalue weighted by Gasteiger charge is 2.67. The van der Waals surface area contributed by atoms with E-state index in [9.17, 15) is 9.59 Å². The Morgan fingerprint density at radius 2 is 2.16 bits per heavy atom. The first-order chi connectivity index (χ1) is 12.1. The number of benzene rings is 1. The minimum atomic E-state index is -0.651. The van der Waals surface area contributed by atoms with Crippen molar-refractivity contribution in [3.8, 4) is 0 Å². The van der Waals surface area contributed by atoms with Crippen LogP contribution < -0.4 is 0 Å². The van der Waals surface area contributed by atoms with Crippen molar-refractivity contribution in [2.75, 3.05) is 6.54 Å². The number of carbonyl (C=O) groups excluding carboxylic acids is 2. The molecular weight excluding hydrogens is 318 g/mol. The number of hydrogen-bond donors (Lipinski definition) is 0. The molecule has 0 radical (unpaired) electrons. The van der Waals surface area contributed by atoms with E-state index in [4.69, 9.17) is 9.47 Å². The van der Waals surface area contributed by atoms with Gasteiger partial charge in [-0.3, -0.25) is 9.59 Å². The maximum atomic E-state index is 13.0. The van der Waals surface area contributed by atoms with Gasteiger partial charge in [-0.05, 0) is 18.9 Å². The molecular formula is C20H23NO4. The number of amides is 1. The van der Waals surface area contributed by atoms with Gasteiger partial charge in [0.1, 0.15) is 18.1 Å². The van der Waals surface area contributed by atoms with Crippen molar-refractivity contribution < 1.29 is 19.1 Å². The van der Waals surface area contributed by atoms with Crippen LogP contribution in [0.4, 0.5) is 0 Å². The molecule has 1 aromatic rings. The maximum Gasteiger partial charge on any atom is 0.313 e. The second-order valence-corrected chi connectivity index (χ2v) is 7.22. The molecule has 0 aromatic heterocycles. The van der Waals surface area contributed by atoms with Crippen molar-refractivity contribution in [3.05, 3.63) is 48.0 Å². The smallest absolute Gasteiger partial charge is 0.313 e. The summed E-state index contributed by atoms with van der Waals surface area (Å²) in [7, 11) is 0. The summed E-state index contributed by atoms with van der Waals surface area (Å²) < 4.78 is 11.6. The zero-order valence-electron chi connectivity index (χ0n) is 14.6. The highest BCUT2D eigenvalue weighted by molar-refractivity contribution is 5.91. The Kier molecular flexibility index (Phi) is 3.91. The molecule has 3 aliphatic rings. The molecule has 0 N–H and O–H groups in total. The molecule has 4 rings (SSSR count). The van der Waals surface area contributed by atoms with E-state index in [1.807, 2.05) is 54.3 Å². The Balaban J connectivity index is 1.52. The quantitative estimate of drug-likeness (QED) is 0.609. The third-order valence-corrected chi connectivity index (χ3v) is 5.75.